The summed E-state index contributed by atoms with van der Waals surface area (Å²) in [5.74, 6) is -1.65. The monoisotopic (exact) mass is 452 g/mol. The fourth-order valence-electron chi connectivity index (χ4n) is 4.97. The van der Waals surface area contributed by atoms with Crippen LogP contribution in [0.1, 0.15) is 36.3 Å². The molecule has 1 saturated heterocycles. The van der Waals surface area contributed by atoms with Crippen molar-refractivity contribution in [2.75, 3.05) is 33.4 Å². The van der Waals surface area contributed by atoms with E-state index in [-0.39, 0.29) is 25.7 Å². The van der Waals surface area contributed by atoms with Crippen molar-refractivity contribution in [3.63, 3.8) is 0 Å². The molecule has 4 rings (SSSR count). The molecule has 2 aliphatic rings. The van der Waals surface area contributed by atoms with Crippen LogP contribution in [0.4, 0.5) is 4.79 Å². The molecule has 1 aliphatic heterocycles. The van der Waals surface area contributed by atoms with E-state index in [9.17, 15) is 19.5 Å². The van der Waals surface area contributed by atoms with Crippen LogP contribution in [0.3, 0.4) is 0 Å². The number of carbonyl (C=O) groups is 3. The second kappa shape index (κ2) is 9.62. The highest BCUT2D eigenvalue weighted by Gasteiger charge is 2.48. The van der Waals surface area contributed by atoms with E-state index < -0.39 is 23.5 Å². The van der Waals surface area contributed by atoms with Crippen molar-refractivity contribution in [1.29, 1.82) is 0 Å². The van der Waals surface area contributed by atoms with Crippen molar-refractivity contribution in [2.24, 2.45) is 0 Å². The van der Waals surface area contributed by atoms with E-state index in [1.54, 1.807) is 0 Å². The Kier molecular flexibility index (Phi) is 6.65. The maximum atomic E-state index is 12.8. The van der Waals surface area contributed by atoms with Crippen molar-refractivity contribution in [3.8, 4) is 11.1 Å². The van der Waals surface area contributed by atoms with Crippen LogP contribution in [0, 0.1) is 0 Å². The molecule has 1 heterocycles. The summed E-state index contributed by atoms with van der Waals surface area (Å²) >= 11 is 0. The summed E-state index contributed by atoms with van der Waals surface area (Å²) in [5.41, 5.74) is 3.05. The van der Waals surface area contributed by atoms with Gasteiger partial charge in [-0.25, -0.2) is 9.59 Å². The summed E-state index contributed by atoms with van der Waals surface area (Å²) in [7, 11) is 1.41. The molecule has 0 bridgehead atoms. The molecule has 2 aromatic carbocycles. The normalized spacial score (nSPS) is 19.5. The summed E-state index contributed by atoms with van der Waals surface area (Å²) in [5, 5.41) is 12.3. The highest BCUT2D eigenvalue weighted by molar-refractivity contribution is 5.89. The van der Waals surface area contributed by atoms with Gasteiger partial charge in [-0.15, -0.1) is 0 Å². The van der Waals surface area contributed by atoms with Gasteiger partial charge < -0.3 is 24.8 Å². The molecule has 2 amide bonds. The Bertz CT molecular complexity index is 1010. The molecule has 0 radical (unpaired) electrons. The molecule has 33 heavy (non-hydrogen) atoms. The molecule has 2 aromatic rings. The number of fused-ring (bicyclic) bond motifs is 3. The first kappa shape index (κ1) is 22.8. The number of benzene rings is 2. The first-order chi connectivity index (χ1) is 16.0. The minimum absolute atomic E-state index is 0.0812. The SMILES string of the molecule is COCC1(C(=O)O)CCCCN1C(=O)CNC(=O)OCC1c2ccccc2-c2ccccc21. The zero-order valence-corrected chi connectivity index (χ0v) is 18.6. The van der Waals surface area contributed by atoms with Crippen LogP contribution in [-0.4, -0.2) is 66.9 Å². The lowest BCUT2D eigenvalue weighted by Gasteiger charge is -2.43. The zero-order chi connectivity index (χ0) is 23.4. The molecule has 174 valence electrons. The standard InChI is InChI=1S/C25H28N2O6/c1-32-16-25(23(29)30)12-6-7-13-27(25)22(28)14-26-24(31)33-15-21-19-10-4-2-8-17(19)18-9-3-5-11-20(18)21/h2-5,8-11,21H,6-7,12-16H2,1H3,(H,26,31)(H,29,30). The van der Waals surface area contributed by atoms with Gasteiger partial charge in [-0.05, 0) is 41.5 Å². The Morgan fingerprint density at radius 1 is 1.06 bits per heavy atom. The van der Waals surface area contributed by atoms with Gasteiger partial charge in [0, 0.05) is 19.6 Å². The van der Waals surface area contributed by atoms with Gasteiger partial charge >= 0.3 is 12.1 Å². The van der Waals surface area contributed by atoms with Crippen molar-refractivity contribution >= 4 is 18.0 Å². The van der Waals surface area contributed by atoms with Crippen molar-refractivity contribution in [1.82, 2.24) is 10.2 Å². The second-order valence-corrected chi connectivity index (χ2v) is 8.45. The highest BCUT2D eigenvalue weighted by atomic mass is 16.5. The molecule has 0 spiro atoms. The average Bonchev–Trinajstić information content (AvgIpc) is 3.15. The third-order valence-electron chi connectivity index (χ3n) is 6.55. The summed E-state index contributed by atoms with van der Waals surface area (Å²) in [6, 6.07) is 16.1. The van der Waals surface area contributed by atoms with Crippen molar-refractivity contribution < 1.29 is 29.0 Å². The maximum absolute atomic E-state index is 12.8. The summed E-state index contributed by atoms with van der Waals surface area (Å²) < 4.78 is 10.6. The van der Waals surface area contributed by atoms with Crippen LogP contribution < -0.4 is 5.32 Å². The minimum atomic E-state index is -1.41. The Hall–Kier alpha value is -3.39. The number of aliphatic carboxylic acids is 1. The largest absolute Gasteiger partial charge is 0.479 e. The van der Waals surface area contributed by atoms with Crippen LogP contribution in [0.25, 0.3) is 11.1 Å². The molecule has 1 atom stereocenters. The molecule has 0 aromatic heterocycles. The lowest BCUT2D eigenvalue weighted by Crippen LogP contribution is -2.63. The van der Waals surface area contributed by atoms with Crippen LogP contribution in [0.15, 0.2) is 48.5 Å². The zero-order valence-electron chi connectivity index (χ0n) is 18.6. The number of amides is 2. The van der Waals surface area contributed by atoms with Crippen LogP contribution in [0.2, 0.25) is 0 Å². The summed E-state index contributed by atoms with van der Waals surface area (Å²) in [6.45, 7) is 0.00972. The van der Waals surface area contributed by atoms with Crippen LogP contribution >= 0.6 is 0 Å². The van der Waals surface area contributed by atoms with Gasteiger partial charge in [0.05, 0.1) is 6.61 Å². The maximum Gasteiger partial charge on any atom is 0.407 e. The van der Waals surface area contributed by atoms with E-state index in [4.69, 9.17) is 9.47 Å². The second-order valence-electron chi connectivity index (χ2n) is 8.45. The van der Waals surface area contributed by atoms with Gasteiger partial charge in [-0.2, -0.15) is 0 Å². The van der Waals surface area contributed by atoms with E-state index in [2.05, 4.69) is 17.4 Å². The predicted molar refractivity (Wildman–Crippen MR) is 121 cm³/mol. The molecular formula is C25H28N2O6. The third kappa shape index (κ3) is 4.30. The highest BCUT2D eigenvalue weighted by Crippen LogP contribution is 2.44. The van der Waals surface area contributed by atoms with Crippen molar-refractivity contribution in [3.05, 3.63) is 59.7 Å². The Morgan fingerprint density at radius 3 is 2.30 bits per heavy atom. The van der Waals surface area contributed by atoms with E-state index in [0.717, 1.165) is 22.3 Å². The first-order valence-corrected chi connectivity index (χ1v) is 11.1. The number of hydrogen-bond donors (Lipinski definition) is 2. The van der Waals surface area contributed by atoms with Gasteiger partial charge in [0.2, 0.25) is 5.91 Å². The third-order valence-corrected chi connectivity index (χ3v) is 6.55. The number of rotatable bonds is 7. The van der Waals surface area contributed by atoms with Gasteiger partial charge in [-0.1, -0.05) is 48.5 Å². The molecule has 8 heteroatoms. The number of nitrogens with zero attached hydrogens (tertiary/aromatic N) is 1. The molecule has 1 fully saturated rings. The van der Waals surface area contributed by atoms with E-state index in [0.29, 0.717) is 25.8 Å². The number of carboxylic acid groups (broad SMARTS) is 1. The molecule has 0 saturated carbocycles. The Labute approximate surface area is 192 Å². The number of likely N-dealkylation sites (tertiary alicyclic amines) is 1. The number of methoxy groups -OCH3 is 1. The smallest absolute Gasteiger partial charge is 0.407 e. The lowest BCUT2D eigenvalue weighted by molar-refractivity contribution is -0.166. The molecule has 2 N–H and O–H groups in total. The van der Waals surface area contributed by atoms with Gasteiger partial charge in [-0.3, -0.25) is 4.79 Å². The fourth-order valence-corrected chi connectivity index (χ4v) is 4.97. The fraction of sp³-hybridized carbons (Fsp3) is 0.400. The van der Waals surface area contributed by atoms with E-state index in [1.807, 2.05) is 36.4 Å². The Balaban J connectivity index is 1.37. The number of hydrogen-bond acceptors (Lipinski definition) is 5. The minimum Gasteiger partial charge on any atom is -0.479 e. The number of carbonyl (C=O) groups excluding carboxylic acids is 2. The number of ether oxygens (including phenoxy) is 2. The van der Waals surface area contributed by atoms with Gasteiger partial charge in [0.1, 0.15) is 13.2 Å². The van der Waals surface area contributed by atoms with E-state index in [1.165, 1.54) is 12.0 Å². The molecular weight excluding hydrogens is 424 g/mol. The predicted octanol–water partition coefficient (Wildman–Crippen LogP) is 3.01. The number of nitrogens with one attached hydrogen (secondary N) is 1. The summed E-state index contributed by atoms with van der Waals surface area (Å²) in [6.07, 6.45) is 0.997. The van der Waals surface area contributed by atoms with Gasteiger partial charge in [0.25, 0.3) is 0 Å². The lowest BCUT2D eigenvalue weighted by atomic mass is 9.87. The summed E-state index contributed by atoms with van der Waals surface area (Å²) in [4.78, 5) is 38.5. The van der Waals surface area contributed by atoms with E-state index >= 15 is 0 Å². The van der Waals surface area contributed by atoms with Crippen LogP contribution in [-0.2, 0) is 19.1 Å². The van der Waals surface area contributed by atoms with Crippen molar-refractivity contribution in [2.45, 2.75) is 30.7 Å². The molecule has 8 nitrogen and oxygen atoms in total. The molecule has 1 aliphatic carbocycles. The van der Waals surface area contributed by atoms with Gasteiger partial charge in [0.15, 0.2) is 5.54 Å². The molecule has 1 unspecified atom stereocenters. The van der Waals surface area contributed by atoms with Crippen LogP contribution in [0.5, 0.6) is 0 Å². The number of carboxylic acids is 1. The topological polar surface area (TPSA) is 105 Å². The number of piperidine rings is 1. The Morgan fingerprint density at radius 2 is 1.70 bits per heavy atom. The number of alkyl carbamates (subject to hydrolysis) is 1. The first-order valence-electron chi connectivity index (χ1n) is 11.1. The quantitative estimate of drug-likeness (QED) is 0.669. The average molecular weight is 453 g/mol.